The molecule has 1 saturated heterocycles. The molecule has 2 bridgehead atoms. The first-order valence-corrected chi connectivity index (χ1v) is 8.73. The molecule has 4 atom stereocenters. The maximum Gasteiger partial charge on any atom is 0.227 e. The van der Waals surface area contributed by atoms with Crippen molar-refractivity contribution in [1.82, 2.24) is 4.90 Å². The summed E-state index contributed by atoms with van der Waals surface area (Å²) in [5.41, 5.74) is 6.84. The molecule has 4 rings (SSSR count). The van der Waals surface area contributed by atoms with Gasteiger partial charge in [0.2, 0.25) is 5.91 Å². The first kappa shape index (κ1) is 15.6. The van der Waals surface area contributed by atoms with E-state index in [1.165, 1.54) is 57.8 Å². The van der Waals surface area contributed by atoms with Gasteiger partial charge in [0.05, 0.1) is 5.92 Å². The van der Waals surface area contributed by atoms with Crippen LogP contribution in [0.5, 0.6) is 0 Å². The Balaban J connectivity index is 0.00000132. The molecule has 1 heterocycles. The first-order chi connectivity index (χ1) is 9.69. The molecule has 1 aliphatic heterocycles. The van der Waals surface area contributed by atoms with E-state index in [4.69, 9.17) is 5.73 Å². The summed E-state index contributed by atoms with van der Waals surface area (Å²) >= 11 is 0. The monoisotopic (exact) mass is 312 g/mol. The summed E-state index contributed by atoms with van der Waals surface area (Å²) in [5.74, 6) is 1.81. The van der Waals surface area contributed by atoms with Crippen LogP contribution in [0.15, 0.2) is 0 Å². The van der Waals surface area contributed by atoms with Gasteiger partial charge in [-0.05, 0) is 55.8 Å². The molecular weight excluding hydrogens is 284 g/mol. The zero-order valence-electron chi connectivity index (χ0n) is 12.9. The number of amides is 1. The van der Waals surface area contributed by atoms with Crippen molar-refractivity contribution in [1.29, 1.82) is 0 Å². The molecule has 4 aliphatic rings. The fraction of sp³-hybridized carbons (Fsp3) is 0.941. The number of rotatable bonds is 1. The van der Waals surface area contributed by atoms with Crippen molar-refractivity contribution in [3.63, 3.8) is 0 Å². The minimum Gasteiger partial charge on any atom is -0.342 e. The summed E-state index contributed by atoms with van der Waals surface area (Å²) in [6, 6.07) is 0.157. The van der Waals surface area contributed by atoms with Crippen LogP contribution in [-0.4, -0.2) is 29.9 Å². The van der Waals surface area contributed by atoms with Crippen LogP contribution >= 0.6 is 12.4 Å². The maximum absolute atomic E-state index is 12.9. The van der Waals surface area contributed by atoms with Crippen molar-refractivity contribution in [2.24, 2.45) is 28.9 Å². The molecule has 4 fully saturated rings. The van der Waals surface area contributed by atoms with E-state index in [0.717, 1.165) is 13.1 Å². The van der Waals surface area contributed by atoms with Gasteiger partial charge in [-0.15, -0.1) is 12.4 Å². The lowest BCUT2D eigenvalue weighted by atomic mass is 9.73. The summed E-state index contributed by atoms with van der Waals surface area (Å²) in [7, 11) is 0. The molecule has 4 unspecified atom stereocenters. The third-order valence-electron chi connectivity index (χ3n) is 6.93. The minimum absolute atomic E-state index is 0. The lowest BCUT2D eigenvalue weighted by molar-refractivity contribution is -0.137. The van der Waals surface area contributed by atoms with Crippen molar-refractivity contribution in [2.75, 3.05) is 13.1 Å². The van der Waals surface area contributed by atoms with Crippen LogP contribution in [0.2, 0.25) is 0 Å². The van der Waals surface area contributed by atoms with Gasteiger partial charge in [0.25, 0.3) is 0 Å². The van der Waals surface area contributed by atoms with E-state index in [1.807, 2.05) is 0 Å². The maximum atomic E-state index is 12.9. The number of hydrogen-bond acceptors (Lipinski definition) is 2. The predicted octanol–water partition coefficient (Wildman–Crippen LogP) is 2.96. The number of carbonyl (C=O) groups is 1. The van der Waals surface area contributed by atoms with E-state index in [2.05, 4.69) is 4.90 Å². The topological polar surface area (TPSA) is 46.3 Å². The summed E-state index contributed by atoms with van der Waals surface area (Å²) in [4.78, 5) is 15.1. The number of hydrogen-bond donors (Lipinski definition) is 1. The number of nitrogens with two attached hydrogens (primary N) is 1. The molecule has 1 spiro atoms. The molecule has 0 aromatic rings. The van der Waals surface area contributed by atoms with Crippen molar-refractivity contribution < 1.29 is 4.79 Å². The third kappa shape index (κ3) is 2.50. The molecule has 3 nitrogen and oxygen atoms in total. The highest BCUT2D eigenvalue weighted by Gasteiger charge is 2.51. The molecule has 3 aliphatic carbocycles. The van der Waals surface area contributed by atoms with Gasteiger partial charge in [-0.2, -0.15) is 0 Å². The van der Waals surface area contributed by atoms with Crippen LogP contribution in [0, 0.1) is 23.2 Å². The molecule has 4 heteroatoms. The highest BCUT2D eigenvalue weighted by Crippen LogP contribution is 2.50. The Kier molecular flexibility index (Phi) is 4.26. The van der Waals surface area contributed by atoms with Crippen LogP contribution in [0.25, 0.3) is 0 Å². The van der Waals surface area contributed by atoms with Crippen LogP contribution in [0.4, 0.5) is 0 Å². The fourth-order valence-corrected chi connectivity index (χ4v) is 5.75. The van der Waals surface area contributed by atoms with Crippen LogP contribution in [0.1, 0.15) is 57.8 Å². The Hall–Kier alpha value is -0.280. The SMILES string of the molecule is Cl.NC1C2CCC(C2)C1C(=O)N1CCC2(CCCCC2)C1. The Morgan fingerprint density at radius 3 is 2.43 bits per heavy atom. The Morgan fingerprint density at radius 2 is 1.76 bits per heavy atom. The molecule has 0 radical (unpaired) electrons. The van der Waals surface area contributed by atoms with Crippen LogP contribution < -0.4 is 5.73 Å². The lowest BCUT2D eigenvalue weighted by Crippen LogP contribution is -2.47. The quantitative estimate of drug-likeness (QED) is 0.809. The van der Waals surface area contributed by atoms with Gasteiger partial charge in [-0.1, -0.05) is 19.3 Å². The van der Waals surface area contributed by atoms with E-state index in [1.54, 1.807) is 0 Å². The van der Waals surface area contributed by atoms with Gasteiger partial charge in [0, 0.05) is 19.1 Å². The minimum atomic E-state index is 0. The summed E-state index contributed by atoms with van der Waals surface area (Å²) in [5, 5.41) is 0. The molecule has 0 aromatic heterocycles. The van der Waals surface area contributed by atoms with Crippen molar-refractivity contribution in [3.8, 4) is 0 Å². The zero-order valence-corrected chi connectivity index (χ0v) is 13.7. The summed E-state index contributed by atoms with van der Waals surface area (Å²) < 4.78 is 0. The second kappa shape index (κ2) is 5.73. The predicted molar refractivity (Wildman–Crippen MR) is 86.3 cm³/mol. The number of likely N-dealkylation sites (tertiary alicyclic amines) is 1. The molecule has 1 amide bonds. The van der Waals surface area contributed by atoms with Gasteiger partial charge in [-0.3, -0.25) is 4.79 Å². The van der Waals surface area contributed by atoms with E-state index >= 15 is 0 Å². The largest absolute Gasteiger partial charge is 0.342 e. The average Bonchev–Trinajstić information content (AvgIpc) is 3.14. The Bertz CT molecular complexity index is 406. The summed E-state index contributed by atoms with van der Waals surface area (Å²) in [6.07, 6.45) is 11.8. The van der Waals surface area contributed by atoms with Crippen LogP contribution in [-0.2, 0) is 4.79 Å². The van der Waals surface area contributed by atoms with Gasteiger partial charge >= 0.3 is 0 Å². The van der Waals surface area contributed by atoms with Gasteiger partial charge in [0.1, 0.15) is 0 Å². The van der Waals surface area contributed by atoms with E-state index < -0.39 is 0 Å². The second-order valence-corrected chi connectivity index (χ2v) is 8.01. The van der Waals surface area contributed by atoms with Gasteiger partial charge in [-0.25, -0.2) is 0 Å². The average molecular weight is 313 g/mol. The normalized spacial score (nSPS) is 40.5. The number of halogens is 1. The highest BCUT2D eigenvalue weighted by molar-refractivity contribution is 5.85. The fourth-order valence-electron chi connectivity index (χ4n) is 5.75. The van der Waals surface area contributed by atoms with E-state index in [-0.39, 0.29) is 24.4 Å². The van der Waals surface area contributed by atoms with Crippen LogP contribution in [0.3, 0.4) is 0 Å². The third-order valence-corrected chi connectivity index (χ3v) is 6.93. The van der Waals surface area contributed by atoms with Crippen molar-refractivity contribution in [2.45, 2.75) is 63.8 Å². The highest BCUT2D eigenvalue weighted by atomic mass is 35.5. The van der Waals surface area contributed by atoms with Crippen molar-refractivity contribution in [3.05, 3.63) is 0 Å². The molecule has 3 saturated carbocycles. The second-order valence-electron chi connectivity index (χ2n) is 8.01. The Morgan fingerprint density at radius 1 is 1.05 bits per heavy atom. The summed E-state index contributed by atoms with van der Waals surface area (Å²) in [6.45, 7) is 2.03. The standard InChI is InChI=1S/C17H28N2O.ClH/c18-15-13-5-4-12(10-13)14(15)16(20)19-9-8-17(11-19)6-2-1-3-7-17;/h12-15H,1-11,18H2;1H. The molecular formula is C17H29ClN2O. The van der Waals surface area contributed by atoms with E-state index in [0.29, 0.717) is 23.2 Å². The molecule has 21 heavy (non-hydrogen) atoms. The number of nitrogens with zero attached hydrogens (tertiary/aromatic N) is 1. The molecule has 120 valence electrons. The molecule has 0 aromatic carbocycles. The molecule has 2 N–H and O–H groups in total. The Labute approximate surface area is 134 Å². The zero-order chi connectivity index (χ0) is 13.7. The van der Waals surface area contributed by atoms with Crippen molar-refractivity contribution >= 4 is 18.3 Å². The smallest absolute Gasteiger partial charge is 0.227 e. The number of carbonyl (C=O) groups excluding carboxylic acids is 1. The van der Waals surface area contributed by atoms with Gasteiger partial charge in [0.15, 0.2) is 0 Å². The number of fused-ring (bicyclic) bond motifs is 2. The lowest BCUT2D eigenvalue weighted by Gasteiger charge is -2.35. The van der Waals surface area contributed by atoms with Gasteiger partial charge < -0.3 is 10.6 Å². The van der Waals surface area contributed by atoms with E-state index in [9.17, 15) is 4.79 Å². The first-order valence-electron chi connectivity index (χ1n) is 8.73.